The molecule has 34 heavy (non-hydrogen) atoms. The molecule has 168 valence electrons. The summed E-state index contributed by atoms with van der Waals surface area (Å²) in [6.07, 6.45) is 3.27. The third kappa shape index (κ3) is 4.50. The number of anilines is 1. The van der Waals surface area contributed by atoms with Crippen LogP contribution < -0.4 is 10.9 Å². The number of nitrogens with zero attached hydrogens (tertiary/aromatic N) is 3. The zero-order valence-electron chi connectivity index (χ0n) is 18.0. The van der Waals surface area contributed by atoms with Gasteiger partial charge in [-0.25, -0.2) is 4.98 Å². The number of amides is 1. The van der Waals surface area contributed by atoms with E-state index in [9.17, 15) is 9.59 Å². The van der Waals surface area contributed by atoms with Crippen molar-refractivity contribution in [3.63, 3.8) is 0 Å². The van der Waals surface area contributed by atoms with Crippen LogP contribution >= 0.6 is 24.0 Å². The molecule has 5 rings (SSSR count). The second kappa shape index (κ2) is 9.62. The summed E-state index contributed by atoms with van der Waals surface area (Å²) in [5, 5.41) is 3.28. The fraction of sp³-hybridized carbons (Fsp3) is 0.0769. The van der Waals surface area contributed by atoms with Crippen molar-refractivity contribution in [3.8, 4) is 0 Å². The summed E-state index contributed by atoms with van der Waals surface area (Å²) in [6.45, 7) is 0.878. The van der Waals surface area contributed by atoms with Gasteiger partial charge in [0.05, 0.1) is 17.0 Å². The van der Waals surface area contributed by atoms with Crippen LogP contribution in [0.1, 0.15) is 16.7 Å². The average Bonchev–Trinajstić information content (AvgIpc) is 3.13. The molecule has 0 atom stereocenters. The molecule has 1 fully saturated rings. The van der Waals surface area contributed by atoms with Gasteiger partial charge in [-0.15, -0.1) is 0 Å². The molecular weight excluding hydrogens is 464 g/mol. The molecule has 1 N–H and O–H groups in total. The first kappa shape index (κ1) is 22.1. The Bertz CT molecular complexity index is 1470. The Kier molecular flexibility index (Phi) is 6.24. The maximum absolute atomic E-state index is 13.4. The molecule has 3 heterocycles. The van der Waals surface area contributed by atoms with Gasteiger partial charge < -0.3 is 5.32 Å². The molecule has 0 bridgehead atoms. The highest BCUT2D eigenvalue weighted by atomic mass is 32.2. The minimum absolute atomic E-state index is 0.217. The molecule has 2 aromatic heterocycles. The Morgan fingerprint density at radius 2 is 1.59 bits per heavy atom. The Hall–Kier alpha value is -3.75. The maximum atomic E-state index is 13.4. The molecule has 0 unspecified atom stereocenters. The van der Waals surface area contributed by atoms with Gasteiger partial charge >= 0.3 is 0 Å². The SMILES string of the molecule is O=C1/C(=C/c2c(NCc3ccccc3)nc3ccccn3c2=O)SC(=S)N1Cc1ccccc1. The molecule has 0 spiro atoms. The number of hydrogen-bond acceptors (Lipinski definition) is 6. The fourth-order valence-corrected chi connectivity index (χ4v) is 4.92. The van der Waals surface area contributed by atoms with Crippen LogP contribution in [-0.2, 0) is 17.9 Å². The van der Waals surface area contributed by atoms with E-state index in [1.165, 1.54) is 16.2 Å². The van der Waals surface area contributed by atoms with Gasteiger partial charge in [-0.2, -0.15) is 0 Å². The van der Waals surface area contributed by atoms with Crippen molar-refractivity contribution in [1.29, 1.82) is 0 Å². The van der Waals surface area contributed by atoms with Gasteiger partial charge in [0.2, 0.25) is 0 Å². The molecule has 2 aromatic carbocycles. The molecule has 1 aliphatic heterocycles. The van der Waals surface area contributed by atoms with E-state index in [0.29, 0.717) is 39.3 Å². The van der Waals surface area contributed by atoms with Gasteiger partial charge in [0.15, 0.2) is 0 Å². The number of thioether (sulfide) groups is 1. The zero-order valence-corrected chi connectivity index (χ0v) is 19.7. The summed E-state index contributed by atoms with van der Waals surface area (Å²) in [4.78, 5) is 33.2. The molecule has 0 radical (unpaired) electrons. The van der Waals surface area contributed by atoms with Gasteiger partial charge in [0.1, 0.15) is 15.8 Å². The highest BCUT2D eigenvalue weighted by molar-refractivity contribution is 8.26. The highest BCUT2D eigenvalue weighted by Gasteiger charge is 2.32. The van der Waals surface area contributed by atoms with Crippen LogP contribution in [0, 0.1) is 0 Å². The number of carbonyl (C=O) groups excluding carboxylic acids is 1. The van der Waals surface area contributed by atoms with Gasteiger partial charge in [0.25, 0.3) is 11.5 Å². The van der Waals surface area contributed by atoms with Gasteiger partial charge in [-0.05, 0) is 29.3 Å². The largest absolute Gasteiger partial charge is 0.365 e. The minimum Gasteiger partial charge on any atom is -0.365 e. The van der Waals surface area contributed by atoms with Gasteiger partial charge in [-0.1, -0.05) is 90.7 Å². The molecular formula is C26H20N4O2S2. The first-order valence-corrected chi connectivity index (χ1v) is 11.9. The standard InChI is InChI=1S/C26H20N4O2S2/c31-24-20(15-21-25(32)30(26(33)34-21)17-19-11-5-2-6-12-19)23(27-16-18-9-3-1-4-10-18)28-22-13-7-8-14-29(22)24/h1-15,27H,16-17H2/b21-15-. The van der Waals surface area contributed by atoms with Crippen LogP contribution in [0.25, 0.3) is 11.7 Å². The third-order valence-corrected chi connectivity index (χ3v) is 6.78. The Morgan fingerprint density at radius 1 is 0.912 bits per heavy atom. The molecule has 8 heteroatoms. The molecule has 6 nitrogen and oxygen atoms in total. The van der Waals surface area contributed by atoms with Crippen molar-refractivity contribution in [3.05, 3.63) is 117 Å². The predicted octanol–water partition coefficient (Wildman–Crippen LogP) is 4.71. The van der Waals surface area contributed by atoms with Crippen LogP contribution in [0.3, 0.4) is 0 Å². The first-order chi connectivity index (χ1) is 16.6. The summed E-state index contributed by atoms with van der Waals surface area (Å²) in [7, 11) is 0. The molecule has 0 saturated carbocycles. The first-order valence-electron chi connectivity index (χ1n) is 10.7. The Balaban J connectivity index is 1.51. The Morgan fingerprint density at radius 3 is 2.32 bits per heavy atom. The quantitative estimate of drug-likeness (QED) is 0.316. The lowest BCUT2D eigenvalue weighted by molar-refractivity contribution is -0.122. The average molecular weight is 485 g/mol. The predicted molar refractivity (Wildman–Crippen MR) is 140 cm³/mol. The van der Waals surface area contributed by atoms with Crippen LogP contribution in [0.15, 0.2) is 94.8 Å². The number of nitrogens with one attached hydrogen (secondary N) is 1. The second-order valence-corrected chi connectivity index (χ2v) is 9.38. The van der Waals surface area contributed by atoms with E-state index < -0.39 is 0 Å². The number of benzene rings is 2. The van der Waals surface area contributed by atoms with E-state index in [2.05, 4.69) is 10.3 Å². The topological polar surface area (TPSA) is 66.7 Å². The minimum atomic E-state index is -0.255. The lowest BCUT2D eigenvalue weighted by atomic mass is 10.2. The van der Waals surface area contributed by atoms with Crippen molar-refractivity contribution in [2.75, 3.05) is 5.32 Å². The maximum Gasteiger partial charge on any atom is 0.267 e. The van der Waals surface area contributed by atoms with E-state index in [1.807, 2.05) is 66.7 Å². The fourth-order valence-electron chi connectivity index (χ4n) is 3.68. The number of rotatable bonds is 6. The van der Waals surface area contributed by atoms with Gasteiger partial charge in [-0.3, -0.25) is 18.9 Å². The molecule has 1 aliphatic rings. The van der Waals surface area contributed by atoms with E-state index in [-0.39, 0.29) is 11.5 Å². The monoisotopic (exact) mass is 484 g/mol. The Labute approximate surface area is 206 Å². The van der Waals surface area contributed by atoms with Crippen molar-refractivity contribution in [2.45, 2.75) is 13.1 Å². The van der Waals surface area contributed by atoms with E-state index >= 15 is 0 Å². The number of pyridine rings is 1. The molecule has 0 aliphatic carbocycles. The number of fused-ring (bicyclic) bond motifs is 1. The third-order valence-electron chi connectivity index (χ3n) is 5.40. The second-order valence-electron chi connectivity index (χ2n) is 7.70. The lowest BCUT2D eigenvalue weighted by Crippen LogP contribution is -2.27. The lowest BCUT2D eigenvalue weighted by Gasteiger charge is -2.14. The molecule has 1 saturated heterocycles. The van der Waals surface area contributed by atoms with Crippen molar-refractivity contribution in [1.82, 2.24) is 14.3 Å². The van der Waals surface area contributed by atoms with Crippen molar-refractivity contribution >= 4 is 51.7 Å². The number of thiocarbonyl (C=S) groups is 1. The van der Waals surface area contributed by atoms with Crippen LogP contribution in [0.4, 0.5) is 5.82 Å². The normalized spacial score (nSPS) is 14.8. The summed E-state index contributed by atoms with van der Waals surface area (Å²) in [6, 6.07) is 24.9. The summed E-state index contributed by atoms with van der Waals surface area (Å²) in [5.74, 6) is 0.207. The van der Waals surface area contributed by atoms with Crippen LogP contribution in [-0.4, -0.2) is 24.5 Å². The van der Waals surface area contributed by atoms with Crippen LogP contribution in [0.2, 0.25) is 0 Å². The van der Waals surface area contributed by atoms with E-state index in [0.717, 1.165) is 11.1 Å². The number of hydrogen-bond donors (Lipinski definition) is 1. The van der Waals surface area contributed by atoms with E-state index in [1.54, 1.807) is 29.3 Å². The zero-order chi connectivity index (χ0) is 23.5. The number of aromatic nitrogens is 2. The highest BCUT2D eigenvalue weighted by Crippen LogP contribution is 2.34. The van der Waals surface area contributed by atoms with E-state index in [4.69, 9.17) is 12.2 Å². The molecule has 4 aromatic rings. The smallest absolute Gasteiger partial charge is 0.267 e. The summed E-state index contributed by atoms with van der Waals surface area (Å²) in [5.41, 5.74) is 2.63. The number of carbonyl (C=O) groups is 1. The van der Waals surface area contributed by atoms with Crippen molar-refractivity contribution < 1.29 is 4.79 Å². The van der Waals surface area contributed by atoms with Crippen LogP contribution in [0.5, 0.6) is 0 Å². The summed E-state index contributed by atoms with van der Waals surface area (Å²) < 4.78 is 1.94. The molecule has 1 amide bonds. The summed E-state index contributed by atoms with van der Waals surface area (Å²) >= 11 is 6.68. The van der Waals surface area contributed by atoms with Crippen molar-refractivity contribution in [2.24, 2.45) is 0 Å². The van der Waals surface area contributed by atoms with Gasteiger partial charge in [0, 0.05) is 12.7 Å².